The molecule has 4 N–H and O–H groups in total. The van der Waals surface area contributed by atoms with Crippen molar-refractivity contribution in [3.05, 3.63) is 101 Å². The van der Waals surface area contributed by atoms with Crippen molar-refractivity contribution in [1.29, 1.82) is 5.41 Å². The summed E-state index contributed by atoms with van der Waals surface area (Å²) in [7, 11) is 1.59. The number of fused-ring (bicyclic) bond motifs is 1. The van der Waals surface area contributed by atoms with Gasteiger partial charge in [0.25, 0.3) is 5.91 Å². The second-order valence-corrected chi connectivity index (χ2v) is 7.04. The molecule has 32 heavy (non-hydrogen) atoms. The number of rotatable bonds is 6. The van der Waals surface area contributed by atoms with Crippen molar-refractivity contribution in [3.63, 3.8) is 0 Å². The van der Waals surface area contributed by atoms with Gasteiger partial charge in [0.1, 0.15) is 5.82 Å². The lowest BCUT2D eigenvalue weighted by atomic mass is 10.0. The Morgan fingerprint density at radius 3 is 2.50 bits per heavy atom. The molecular weight excluding hydrogens is 409 g/mol. The van der Waals surface area contributed by atoms with Crippen molar-refractivity contribution in [3.8, 4) is 0 Å². The molecular formula is C24H22FN5O2. The fourth-order valence-corrected chi connectivity index (χ4v) is 3.34. The van der Waals surface area contributed by atoms with Gasteiger partial charge >= 0.3 is 0 Å². The van der Waals surface area contributed by atoms with Crippen molar-refractivity contribution >= 4 is 23.2 Å². The number of halogens is 1. The van der Waals surface area contributed by atoms with Gasteiger partial charge in [0.2, 0.25) is 12.2 Å². The molecule has 1 amide bonds. The summed E-state index contributed by atoms with van der Waals surface area (Å²) in [6, 6.07) is 22.8. The van der Waals surface area contributed by atoms with Gasteiger partial charge in [-0.1, -0.05) is 60.7 Å². The molecule has 2 unspecified atom stereocenters. The summed E-state index contributed by atoms with van der Waals surface area (Å²) >= 11 is 0. The van der Waals surface area contributed by atoms with Crippen LogP contribution in [0.25, 0.3) is 0 Å². The van der Waals surface area contributed by atoms with E-state index in [1.807, 2.05) is 54.6 Å². The van der Waals surface area contributed by atoms with Crippen molar-refractivity contribution in [2.75, 3.05) is 12.4 Å². The second-order valence-electron chi connectivity index (χ2n) is 7.04. The minimum absolute atomic E-state index is 0.0146. The van der Waals surface area contributed by atoms with Gasteiger partial charge in [0, 0.05) is 11.1 Å². The standard InChI is InChI=1S/C24H22FN5O2/c1-27-24(32-21(26)16-11-5-7-13-18(16)25)30-22-23(31)28-19-14-8-6-12-17(19)20(29-22)15-9-3-2-4-10-15/h2-14,22,24,26-27,30H,1H3,(H,28,31). The van der Waals surface area contributed by atoms with Gasteiger partial charge in [0.05, 0.1) is 17.0 Å². The van der Waals surface area contributed by atoms with Crippen molar-refractivity contribution in [1.82, 2.24) is 10.6 Å². The van der Waals surface area contributed by atoms with Crippen LogP contribution < -0.4 is 16.0 Å². The van der Waals surface area contributed by atoms with Crippen LogP contribution in [0.1, 0.15) is 16.7 Å². The molecule has 1 aliphatic rings. The number of carbonyl (C=O) groups excluding carboxylic acids is 1. The number of para-hydroxylation sites is 1. The molecule has 0 aromatic heterocycles. The Morgan fingerprint density at radius 2 is 1.75 bits per heavy atom. The van der Waals surface area contributed by atoms with Gasteiger partial charge in [-0.15, -0.1) is 0 Å². The number of hydrogen-bond donors (Lipinski definition) is 4. The van der Waals surface area contributed by atoms with Crippen LogP contribution in [0.15, 0.2) is 83.9 Å². The van der Waals surface area contributed by atoms with Crippen molar-refractivity contribution < 1.29 is 13.9 Å². The Bertz CT molecular complexity index is 1170. The number of amides is 1. The predicted octanol–water partition coefficient (Wildman–Crippen LogP) is 3.08. The molecule has 1 heterocycles. The lowest BCUT2D eigenvalue weighted by molar-refractivity contribution is -0.118. The molecule has 0 radical (unpaired) electrons. The fraction of sp³-hybridized carbons (Fsp3) is 0.125. The first kappa shape index (κ1) is 21.4. The highest BCUT2D eigenvalue weighted by Gasteiger charge is 2.28. The third kappa shape index (κ3) is 4.56. The van der Waals surface area contributed by atoms with E-state index in [9.17, 15) is 9.18 Å². The Labute approximate surface area is 184 Å². The minimum atomic E-state index is -1.02. The van der Waals surface area contributed by atoms with Crippen LogP contribution in [0.2, 0.25) is 0 Å². The molecule has 2 atom stereocenters. The maximum atomic E-state index is 14.0. The van der Waals surface area contributed by atoms with Crippen LogP contribution in [0.5, 0.6) is 0 Å². The highest BCUT2D eigenvalue weighted by atomic mass is 19.1. The summed E-state index contributed by atoms with van der Waals surface area (Å²) in [6.45, 7) is 0. The molecule has 8 heteroatoms. The molecule has 0 fully saturated rings. The van der Waals surface area contributed by atoms with E-state index in [2.05, 4.69) is 20.9 Å². The number of anilines is 1. The summed E-state index contributed by atoms with van der Waals surface area (Å²) < 4.78 is 19.6. The van der Waals surface area contributed by atoms with Gasteiger partial charge in [-0.2, -0.15) is 0 Å². The zero-order valence-electron chi connectivity index (χ0n) is 17.3. The lowest BCUT2D eigenvalue weighted by Crippen LogP contribution is -2.52. The van der Waals surface area contributed by atoms with Crippen LogP contribution in [0, 0.1) is 11.2 Å². The normalized spacial score (nSPS) is 16.2. The molecule has 0 saturated carbocycles. The number of aliphatic imine (C=N–C) groups is 1. The number of benzodiazepines with no additional fused rings is 1. The summed E-state index contributed by atoms with van der Waals surface area (Å²) in [5, 5.41) is 16.8. The van der Waals surface area contributed by atoms with Crippen molar-refractivity contribution in [2.24, 2.45) is 4.99 Å². The molecule has 0 spiro atoms. The molecule has 7 nitrogen and oxygen atoms in total. The summed E-state index contributed by atoms with van der Waals surface area (Å²) in [5.74, 6) is -1.33. The molecule has 1 aliphatic heterocycles. The first-order chi connectivity index (χ1) is 15.6. The average molecular weight is 431 g/mol. The van der Waals surface area contributed by atoms with Crippen LogP contribution in [0.4, 0.5) is 10.1 Å². The lowest BCUT2D eigenvalue weighted by Gasteiger charge is -2.23. The van der Waals surface area contributed by atoms with E-state index in [-0.39, 0.29) is 17.4 Å². The van der Waals surface area contributed by atoms with Crippen LogP contribution in [-0.2, 0) is 9.53 Å². The topological polar surface area (TPSA) is 98.6 Å². The Balaban J connectivity index is 1.62. The van der Waals surface area contributed by atoms with Gasteiger partial charge in [-0.25, -0.2) is 9.71 Å². The third-order valence-electron chi connectivity index (χ3n) is 4.92. The first-order valence-corrected chi connectivity index (χ1v) is 10.0. The van der Waals surface area contributed by atoms with E-state index < -0.39 is 18.3 Å². The Morgan fingerprint density at radius 1 is 1.06 bits per heavy atom. The van der Waals surface area contributed by atoms with Crippen LogP contribution in [-0.4, -0.2) is 37.1 Å². The first-order valence-electron chi connectivity index (χ1n) is 10.0. The molecule has 3 aromatic rings. The molecule has 0 saturated heterocycles. The molecule has 0 aliphatic carbocycles. The van der Waals surface area contributed by atoms with Gasteiger partial charge in [-0.3, -0.25) is 20.5 Å². The quantitative estimate of drug-likeness (QED) is 0.274. The molecule has 4 rings (SSSR count). The second kappa shape index (κ2) is 9.51. The molecule has 162 valence electrons. The van der Waals surface area contributed by atoms with E-state index in [0.717, 1.165) is 11.1 Å². The largest absolute Gasteiger partial charge is 0.445 e. The maximum absolute atomic E-state index is 14.0. The Hall–Kier alpha value is -3.88. The number of nitrogens with zero attached hydrogens (tertiary/aromatic N) is 1. The van der Waals surface area contributed by atoms with Gasteiger partial charge in [0.15, 0.2) is 6.17 Å². The highest BCUT2D eigenvalue weighted by molar-refractivity contribution is 6.19. The predicted molar refractivity (Wildman–Crippen MR) is 121 cm³/mol. The van der Waals surface area contributed by atoms with E-state index in [4.69, 9.17) is 10.1 Å². The number of benzene rings is 3. The van der Waals surface area contributed by atoms with Gasteiger partial charge < -0.3 is 10.1 Å². The maximum Gasteiger partial charge on any atom is 0.264 e. The van der Waals surface area contributed by atoms with E-state index >= 15 is 0 Å². The number of ether oxygens (including phenoxy) is 1. The Kier molecular flexibility index (Phi) is 6.34. The number of nitrogens with one attached hydrogen (secondary N) is 4. The summed E-state index contributed by atoms with van der Waals surface area (Å²) in [6.07, 6.45) is -2.00. The fourth-order valence-electron chi connectivity index (χ4n) is 3.34. The van der Waals surface area contributed by atoms with E-state index in [1.165, 1.54) is 18.2 Å². The van der Waals surface area contributed by atoms with Crippen LogP contribution >= 0.6 is 0 Å². The van der Waals surface area contributed by atoms with E-state index in [1.54, 1.807) is 13.1 Å². The monoisotopic (exact) mass is 431 g/mol. The van der Waals surface area contributed by atoms with E-state index in [0.29, 0.717) is 11.4 Å². The highest BCUT2D eigenvalue weighted by Crippen LogP contribution is 2.23. The summed E-state index contributed by atoms with van der Waals surface area (Å²) in [5.41, 5.74) is 2.93. The smallest absolute Gasteiger partial charge is 0.264 e. The third-order valence-corrected chi connectivity index (χ3v) is 4.92. The summed E-state index contributed by atoms with van der Waals surface area (Å²) in [4.78, 5) is 17.6. The molecule has 0 bridgehead atoms. The SMILES string of the molecule is CNC(NC1N=C(c2ccccc2)c2ccccc2NC1=O)OC(=N)c1ccccc1F. The van der Waals surface area contributed by atoms with Crippen molar-refractivity contribution in [2.45, 2.75) is 12.5 Å². The zero-order valence-corrected chi connectivity index (χ0v) is 17.3. The van der Waals surface area contributed by atoms with Gasteiger partial charge in [-0.05, 0) is 25.2 Å². The van der Waals surface area contributed by atoms with Crippen LogP contribution in [0.3, 0.4) is 0 Å². The number of hydrogen-bond acceptors (Lipinski definition) is 6. The minimum Gasteiger partial charge on any atom is -0.445 e. The average Bonchev–Trinajstić information content (AvgIpc) is 2.95. The zero-order chi connectivity index (χ0) is 22.5. The number of carbonyl (C=O) groups is 1. The molecule has 3 aromatic carbocycles.